The first kappa shape index (κ1) is 23.7. The molecule has 2 aliphatic rings. The minimum Gasteiger partial charge on any atom is -0.487 e. The third-order valence-electron chi connectivity index (χ3n) is 8.92. The van der Waals surface area contributed by atoms with Crippen LogP contribution >= 0.6 is 0 Å². The van der Waals surface area contributed by atoms with E-state index in [-0.39, 0.29) is 17.1 Å². The Hall–Kier alpha value is -4.18. The quantitative estimate of drug-likeness (QED) is 0.224. The highest BCUT2D eigenvalue weighted by Gasteiger charge is 2.38. The summed E-state index contributed by atoms with van der Waals surface area (Å²) in [7, 11) is 0. The van der Waals surface area contributed by atoms with Gasteiger partial charge in [-0.25, -0.2) is 0 Å². The number of ether oxygens (including phenoxy) is 2. The molecular formula is C36H34N2O2. The maximum Gasteiger partial charge on any atom is 0.132 e. The molecule has 6 aromatic rings. The highest BCUT2D eigenvalue weighted by atomic mass is 16.5. The van der Waals surface area contributed by atoms with Gasteiger partial charge in [0, 0.05) is 49.6 Å². The Morgan fingerprint density at radius 1 is 0.725 bits per heavy atom. The standard InChI is InChI=1S/C36H34N2O2/c1-19-15-26-24-17-21(11-12-29(24)37-31(26)23-13-14-35(3,4)39-33(19)23)27-18-36(5,6)40-34-20(2)16-25-22-9-7-8-10-28(22)38-32(25)30(27)34/h7-17,27,37-38H,18H2,1-6H3. The molecule has 4 heteroatoms. The Balaban J connectivity index is 1.38. The molecule has 200 valence electrons. The minimum absolute atomic E-state index is 0.200. The number of nitrogens with one attached hydrogen (secondary N) is 2. The fourth-order valence-electron chi connectivity index (χ4n) is 7.09. The zero-order valence-electron chi connectivity index (χ0n) is 24.0. The van der Waals surface area contributed by atoms with Gasteiger partial charge in [-0.2, -0.15) is 0 Å². The molecular weight excluding hydrogens is 492 g/mol. The lowest BCUT2D eigenvalue weighted by Gasteiger charge is -2.39. The van der Waals surface area contributed by atoms with Gasteiger partial charge >= 0.3 is 0 Å². The SMILES string of the molecule is Cc1cc2c([nH]c3ccc(C4CC(C)(C)Oc5c(C)cc6c([nH]c7ccccc76)c54)cc32)c2c1OC(C)(C)C=C2. The van der Waals surface area contributed by atoms with Crippen LogP contribution in [0.2, 0.25) is 0 Å². The molecule has 0 saturated carbocycles. The van der Waals surface area contributed by atoms with E-state index in [0.717, 1.165) is 34.5 Å². The van der Waals surface area contributed by atoms with Crippen molar-refractivity contribution in [3.8, 4) is 11.5 Å². The van der Waals surface area contributed by atoms with Crippen molar-refractivity contribution in [2.45, 2.75) is 65.1 Å². The van der Waals surface area contributed by atoms with Crippen LogP contribution in [0.25, 0.3) is 49.7 Å². The van der Waals surface area contributed by atoms with Gasteiger partial charge in [-0.3, -0.25) is 0 Å². The third-order valence-corrected chi connectivity index (χ3v) is 8.92. The van der Waals surface area contributed by atoms with Gasteiger partial charge in [-0.1, -0.05) is 24.3 Å². The van der Waals surface area contributed by atoms with E-state index in [1.165, 1.54) is 54.8 Å². The molecule has 0 aliphatic carbocycles. The Morgan fingerprint density at radius 3 is 2.25 bits per heavy atom. The molecule has 4 heterocycles. The molecule has 40 heavy (non-hydrogen) atoms. The number of benzene rings is 4. The Kier molecular flexibility index (Phi) is 4.57. The summed E-state index contributed by atoms with van der Waals surface area (Å²) >= 11 is 0. The number of aromatic nitrogens is 2. The van der Waals surface area contributed by atoms with Crippen molar-refractivity contribution in [1.82, 2.24) is 9.97 Å². The van der Waals surface area contributed by atoms with Gasteiger partial charge in [0.05, 0.1) is 11.0 Å². The van der Waals surface area contributed by atoms with Crippen LogP contribution in [0.4, 0.5) is 0 Å². The molecule has 0 fully saturated rings. The van der Waals surface area contributed by atoms with Crippen molar-refractivity contribution in [3.63, 3.8) is 0 Å². The van der Waals surface area contributed by atoms with Crippen LogP contribution in [-0.4, -0.2) is 21.2 Å². The first-order valence-corrected chi connectivity index (χ1v) is 14.3. The fraction of sp³-hybridized carbons (Fsp3) is 0.278. The molecule has 0 saturated heterocycles. The number of aromatic amines is 2. The predicted molar refractivity (Wildman–Crippen MR) is 166 cm³/mol. The lowest BCUT2D eigenvalue weighted by Crippen LogP contribution is -2.35. The molecule has 0 spiro atoms. The first-order valence-electron chi connectivity index (χ1n) is 14.3. The average Bonchev–Trinajstić information content (AvgIpc) is 3.45. The van der Waals surface area contributed by atoms with Crippen molar-refractivity contribution >= 4 is 49.7 Å². The average molecular weight is 527 g/mol. The Bertz CT molecular complexity index is 2070. The van der Waals surface area contributed by atoms with Crippen molar-refractivity contribution in [2.24, 2.45) is 0 Å². The normalized spacial score (nSPS) is 19.1. The van der Waals surface area contributed by atoms with Crippen LogP contribution in [0.3, 0.4) is 0 Å². The lowest BCUT2D eigenvalue weighted by atomic mass is 9.78. The van der Waals surface area contributed by atoms with Crippen LogP contribution in [0.15, 0.2) is 60.7 Å². The molecule has 0 bridgehead atoms. The largest absolute Gasteiger partial charge is 0.487 e. The second kappa shape index (κ2) is 7.72. The molecule has 2 aliphatic heterocycles. The van der Waals surface area contributed by atoms with Gasteiger partial charge < -0.3 is 19.4 Å². The van der Waals surface area contributed by atoms with E-state index in [9.17, 15) is 0 Å². The maximum absolute atomic E-state index is 6.70. The number of para-hydroxylation sites is 1. The van der Waals surface area contributed by atoms with E-state index in [0.29, 0.717) is 0 Å². The van der Waals surface area contributed by atoms with Gasteiger partial charge in [0.25, 0.3) is 0 Å². The van der Waals surface area contributed by atoms with Crippen molar-refractivity contribution in [1.29, 1.82) is 0 Å². The summed E-state index contributed by atoms with van der Waals surface area (Å²) in [5, 5.41) is 5.03. The Labute approximate surface area is 234 Å². The molecule has 2 aromatic heterocycles. The number of hydrogen-bond donors (Lipinski definition) is 2. The highest BCUT2D eigenvalue weighted by Crippen LogP contribution is 2.50. The smallest absolute Gasteiger partial charge is 0.132 e. The lowest BCUT2D eigenvalue weighted by molar-refractivity contribution is 0.0771. The zero-order chi connectivity index (χ0) is 27.6. The van der Waals surface area contributed by atoms with Crippen LogP contribution < -0.4 is 9.47 Å². The van der Waals surface area contributed by atoms with Crippen LogP contribution in [-0.2, 0) is 0 Å². The number of fused-ring (bicyclic) bond motifs is 10. The fourth-order valence-corrected chi connectivity index (χ4v) is 7.09. The monoisotopic (exact) mass is 526 g/mol. The van der Waals surface area contributed by atoms with E-state index < -0.39 is 0 Å². The molecule has 0 radical (unpaired) electrons. The highest BCUT2D eigenvalue weighted by molar-refractivity contribution is 6.12. The molecule has 1 atom stereocenters. The first-order chi connectivity index (χ1) is 19.1. The second-order valence-electron chi connectivity index (χ2n) is 13.0. The van der Waals surface area contributed by atoms with Crippen LogP contribution in [0, 0.1) is 13.8 Å². The topological polar surface area (TPSA) is 50.0 Å². The molecule has 8 rings (SSSR count). The maximum atomic E-state index is 6.70. The molecule has 1 unspecified atom stereocenters. The summed E-state index contributed by atoms with van der Waals surface area (Å²) in [4.78, 5) is 7.48. The van der Waals surface area contributed by atoms with Gasteiger partial charge in [0.15, 0.2) is 0 Å². The third kappa shape index (κ3) is 3.32. The van der Waals surface area contributed by atoms with Gasteiger partial charge in [0.1, 0.15) is 22.7 Å². The summed E-state index contributed by atoms with van der Waals surface area (Å²) < 4.78 is 13.1. The number of aryl methyl sites for hydroxylation is 2. The van der Waals surface area contributed by atoms with Gasteiger partial charge in [0.2, 0.25) is 0 Å². The second-order valence-corrected chi connectivity index (χ2v) is 13.0. The number of hydrogen-bond acceptors (Lipinski definition) is 2. The van der Waals surface area contributed by atoms with E-state index in [1.54, 1.807) is 0 Å². The van der Waals surface area contributed by atoms with Crippen molar-refractivity contribution in [3.05, 3.63) is 88.5 Å². The van der Waals surface area contributed by atoms with Crippen LogP contribution in [0.1, 0.15) is 67.9 Å². The molecule has 4 nitrogen and oxygen atoms in total. The van der Waals surface area contributed by atoms with Gasteiger partial charge in [-0.05, 0) is 107 Å². The zero-order valence-corrected chi connectivity index (χ0v) is 24.0. The summed E-state index contributed by atoms with van der Waals surface area (Å²) in [5.41, 5.74) is 10.2. The molecule has 4 aromatic carbocycles. The number of H-pyrrole nitrogens is 2. The van der Waals surface area contributed by atoms with E-state index in [4.69, 9.17) is 9.47 Å². The van der Waals surface area contributed by atoms with E-state index in [2.05, 4.69) is 118 Å². The van der Waals surface area contributed by atoms with Crippen molar-refractivity contribution in [2.75, 3.05) is 0 Å². The minimum atomic E-state index is -0.306. The van der Waals surface area contributed by atoms with Crippen molar-refractivity contribution < 1.29 is 9.47 Å². The molecule has 0 amide bonds. The predicted octanol–water partition coefficient (Wildman–Crippen LogP) is 9.45. The Morgan fingerprint density at radius 2 is 1.43 bits per heavy atom. The van der Waals surface area contributed by atoms with Gasteiger partial charge in [-0.15, -0.1) is 0 Å². The van der Waals surface area contributed by atoms with E-state index in [1.807, 2.05) is 0 Å². The summed E-state index contributed by atoms with van der Waals surface area (Å²) in [6, 6.07) is 20.1. The summed E-state index contributed by atoms with van der Waals surface area (Å²) in [5.74, 6) is 2.20. The van der Waals surface area contributed by atoms with Crippen LogP contribution in [0.5, 0.6) is 11.5 Å². The summed E-state index contributed by atoms with van der Waals surface area (Å²) in [6.45, 7) is 13.0. The number of rotatable bonds is 1. The molecule has 2 N–H and O–H groups in total. The summed E-state index contributed by atoms with van der Waals surface area (Å²) in [6.07, 6.45) is 5.28. The van der Waals surface area contributed by atoms with E-state index >= 15 is 0 Å².